The summed E-state index contributed by atoms with van der Waals surface area (Å²) in [6.07, 6.45) is 1.03. The van der Waals surface area contributed by atoms with Gasteiger partial charge in [0, 0.05) is 17.5 Å². The fraction of sp³-hybridized carbons (Fsp3) is 0.412. The Morgan fingerprint density at radius 2 is 2.12 bits per heavy atom. The van der Waals surface area contributed by atoms with Gasteiger partial charge in [0.15, 0.2) is 16.6 Å². The molecule has 0 bridgehead atoms. The van der Waals surface area contributed by atoms with Gasteiger partial charge in [-0.2, -0.15) is 0 Å². The normalized spacial score (nSPS) is 22.0. The lowest BCUT2D eigenvalue weighted by Crippen LogP contribution is -2.29. The molecule has 1 amide bonds. The number of benzene rings is 1. The number of carbonyl (C=O) groups is 1. The quantitative estimate of drug-likeness (QED) is 0.865. The summed E-state index contributed by atoms with van der Waals surface area (Å²) >= 11 is 1.38. The van der Waals surface area contributed by atoms with E-state index in [1.165, 1.54) is 11.3 Å². The highest BCUT2D eigenvalue weighted by atomic mass is 32.1. The van der Waals surface area contributed by atoms with Crippen LogP contribution in [0.2, 0.25) is 0 Å². The highest BCUT2D eigenvalue weighted by molar-refractivity contribution is 7.14. The van der Waals surface area contributed by atoms with E-state index in [-0.39, 0.29) is 12.0 Å². The molecule has 8 heteroatoms. The molecule has 0 spiro atoms. The molecule has 132 valence electrons. The maximum Gasteiger partial charge on any atom is 0.255 e. The number of aromatic nitrogens is 1. The van der Waals surface area contributed by atoms with Crippen molar-refractivity contribution < 1.29 is 19.0 Å². The van der Waals surface area contributed by atoms with Crippen LogP contribution in [0, 0.1) is 0 Å². The van der Waals surface area contributed by atoms with Crippen molar-refractivity contribution >= 4 is 22.4 Å². The molecule has 0 radical (unpaired) electrons. The van der Waals surface area contributed by atoms with E-state index in [1.807, 2.05) is 23.6 Å². The van der Waals surface area contributed by atoms with E-state index in [2.05, 4.69) is 10.3 Å². The van der Waals surface area contributed by atoms with Crippen molar-refractivity contribution in [2.24, 2.45) is 5.73 Å². The second kappa shape index (κ2) is 6.99. The maximum atomic E-state index is 12.3. The number of nitrogens with one attached hydrogen (secondary N) is 1. The number of thiazole rings is 1. The number of fused-ring (bicyclic) bond motifs is 1. The molecular formula is C17H19N3O4S. The van der Waals surface area contributed by atoms with Crippen LogP contribution in [0.25, 0.3) is 11.3 Å². The van der Waals surface area contributed by atoms with Gasteiger partial charge in [0.05, 0.1) is 11.8 Å². The number of ether oxygens (including phenoxy) is 3. The van der Waals surface area contributed by atoms with Crippen LogP contribution in [-0.4, -0.2) is 42.9 Å². The second-order valence-electron chi connectivity index (χ2n) is 5.95. The van der Waals surface area contributed by atoms with Gasteiger partial charge in [0.25, 0.3) is 5.91 Å². The summed E-state index contributed by atoms with van der Waals surface area (Å²) in [5.74, 6) is 1.29. The monoisotopic (exact) mass is 361 g/mol. The molecule has 4 rings (SSSR count). The van der Waals surface area contributed by atoms with E-state index in [1.54, 1.807) is 0 Å². The van der Waals surface area contributed by atoms with E-state index in [9.17, 15) is 4.79 Å². The molecule has 1 saturated heterocycles. The third-order valence-electron chi connectivity index (χ3n) is 4.24. The van der Waals surface area contributed by atoms with Crippen molar-refractivity contribution in [3.63, 3.8) is 0 Å². The number of rotatable bonds is 4. The number of nitrogens with zero attached hydrogens (tertiary/aromatic N) is 1. The number of carbonyl (C=O) groups excluding carboxylic acids is 1. The molecule has 1 fully saturated rings. The Bertz CT molecular complexity index is 779. The average molecular weight is 361 g/mol. The lowest BCUT2D eigenvalue weighted by atomic mass is 10.1. The molecule has 2 atom stereocenters. The van der Waals surface area contributed by atoms with Crippen molar-refractivity contribution in [2.45, 2.75) is 25.0 Å². The Kier molecular flexibility index (Phi) is 4.56. The first-order chi connectivity index (χ1) is 12.2. The zero-order valence-corrected chi connectivity index (χ0v) is 14.4. The number of anilines is 1. The van der Waals surface area contributed by atoms with Gasteiger partial charge in [-0.05, 0) is 31.0 Å². The van der Waals surface area contributed by atoms with Gasteiger partial charge >= 0.3 is 0 Å². The van der Waals surface area contributed by atoms with Crippen molar-refractivity contribution in [2.75, 3.05) is 25.1 Å². The standard InChI is InChI=1S/C17H19N3O4S/c18-8-11-2-4-14(24-11)16(21)20-17-19-12(9-25-17)10-1-3-13-15(7-10)23-6-5-22-13/h1,3,7,9,11,14H,2,4-6,8,18H2,(H,19,20,21)/t11-,14+/m1/s1. The molecule has 2 aliphatic heterocycles. The van der Waals surface area contributed by atoms with Crippen LogP contribution in [-0.2, 0) is 9.53 Å². The van der Waals surface area contributed by atoms with Crippen LogP contribution in [0.1, 0.15) is 12.8 Å². The van der Waals surface area contributed by atoms with Gasteiger partial charge in [-0.3, -0.25) is 10.1 Å². The van der Waals surface area contributed by atoms with Crippen molar-refractivity contribution in [1.82, 2.24) is 4.98 Å². The molecule has 0 aliphatic carbocycles. The predicted molar refractivity (Wildman–Crippen MR) is 94.1 cm³/mol. The molecule has 3 heterocycles. The van der Waals surface area contributed by atoms with Gasteiger partial charge in [0.2, 0.25) is 0 Å². The minimum Gasteiger partial charge on any atom is -0.486 e. The summed E-state index contributed by atoms with van der Waals surface area (Å²) < 4.78 is 16.7. The Labute approximate surface area is 149 Å². The number of nitrogens with two attached hydrogens (primary N) is 1. The number of hydrogen-bond acceptors (Lipinski definition) is 7. The molecule has 3 N–H and O–H groups in total. The lowest BCUT2D eigenvalue weighted by molar-refractivity contribution is -0.126. The second-order valence-corrected chi connectivity index (χ2v) is 6.80. The zero-order chi connectivity index (χ0) is 17.2. The molecule has 25 heavy (non-hydrogen) atoms. The first-order valence-corrected chi connectivity index (χ1v) is 9.13. The van der Waals surface area contributed by atoms with Gasteiger partial charge in [-0.1, -0.05) is 0 Å². The maximum absolute atomic E-state index is 12.3. The Balaban J connectivity index is 1.44. The molecule has 1 aromatic heterocycles. The summed E-state index contributed by atoms with van der Waals surface area (Å²) in [6, 6.07) is 5.71. The van der Waals surface area contributed by atoms with Crippen molar-refractivity contribution in [3.8, 4) is 22.8 Å². The highest BCUT2D eigenvalue weighted by Crippen LogP contribution is 2.35. The lowest BCUT2D eigenvalue weighted by Gasteiger charge is -2.18. The van der Waals surface area contributed by atoms with Crippen LogP contribution < -0.4 is 20.5 Å². The summed E-state index contributed by atoms with van der Waals surface area (Å²) in [4.78, 5) is 16.8. The summed E-state index contributed by atoms with van der Waals surface area (Å²) in [6.45, 7) is 1.54. The topological polar surface area (TPSA) is 95.7 Å². The number of hydrogen-bond donors (Lipinski definition) is 2. The van der Waals surface area contributed by atoms with Gasteiger partial charge in [0.1, 0.15) is 19.3 Å². The van der Waals surface area contributed by atoms with E-state index >= 15 is 0 Å². The van der Waals surface area contributed by atoms with Crippen LogP contribution in [0.4, 0.5) is 5.13 Å². The van der Waals surface area contributed by atoms with Crippen LogP contribution >= 0.6 is 11.3 Å². The molecule has 7 nitrogen and oxygen atoms in total. The Morgan fingerprint density at radius 3 is 2.92 bits per heavy atom. The molecular weight excluding hydrogens is 342 g/mol. The van der Waals surface area contributed by atoms with Gasteiger partial charge in [-0.25, -0.2) is 4.98 Å². The summed E-state index contributed by atoms with van der Waals surface area (Å²) in [5.41, 5.74) is 7.28. The summed E-state index contributed by atoms with van der Waals surface area (Å²) in [5, 5.41) is 5.28. The van der Waals surface area contributed by atoms with E-state index in [0.29, 0.717) is 31.3 Å². The summed E-state index contributed by atoms with van der Waals surface area (Å²) in [7, 11) is 0. The van der Waals surface area contributed by atoms with E-state index in [4.69, 9.17) is 19.9 Å². The van der Waals surface area contributed by atoms with Crippen LogP contribution in [0.5, 0.6) is 11.5 Å². The molecule has 2 aliphatic rings. The molecule has 1 aromatic carbocycles. The van der Waals surface area contributed by atoms with Crippen LogP contribution in [0.15, 0.2) is 23.6 Å². The molecule has 0 saturated carbocycles. The average Bonchev–Trinajstić information content (AvgIpc) is 3.30. The van der Waals surface area contributed by atoms with Crippen LogP contribution in [0.3, 0.4) is 0 Å². The van der Waals surface area contributed by atoms with Gasteiger partial charge in [-0.15, -0.1) is 11.3 Å². The highest BCUT2D eigenvalue weighted by Gasteiger charge is 2.30. The smallest absolute Gasteiger partial charge is 0.255 e. The van der Waals surface area contributed by atoms with Crippen molar-refractivity contribution in [3.05, 3.63) is 23.6 Å². The molecule has 2 aromatic rings. The largest absolute Gasteiger partial charge is 0.486 e. The zero-order valence-electron chi connectivity index (χ0n) is 13.6. The third-order valence-corrected chi connectivity index (χ3v) is 4.99. The third kappa shape index (κ3) is 3.46. The molecule has 0 unspecified atom stereocenters. The Hall–Kier alpha value is -2.16. The minimum absolute atomic E-state index is 0.0275. The minimum atomic E-state index is -0.449. The van der Waals surface area contributed by atoms with Gasteiger partial charge < -0.3 is 19.9 Å². The first kappa shape index (κ1) is 16.3. The first-order valence-electron chi connectivity index (χ1n) is 8.25. The van der Waals surface area contributed by atoms with E-state index in [0.717, 1.165) is 29.2 Å². The fourth-order valence-corrected chi connectivity index (χ4v) is 3.65. The van der Waals surface area contributed by atoms with E-state index < -0.39 is 6.10 Å². The van der Waals surface area contributed by atoms with Crippen molar-refractivity contribution in [1.29, 1.82) is 0 Å². The number of amides is 1. The fourth-order valence-electron chi connectivity index (χ4n) is 2.92. The SMILES string of the molecule is NC[C@H]1CC[C@@H](C(=O)Nc2nc(-c3ccc4c(c3)OCCO4)cs2)O1. The predicted octanol–water partition coefficient (Wildman–Crippen LogP) is 2.03. The Morgan fingerprint density at radius 1 is 1.28 bits per heavy atom.